The van der Waals surface area contributed by atoms with Gasteiger partial charge in [-0.1, -0.05) is 12.1 Å². The van der Waals surface area contributed by atoms with Gasteiger partial charge < -0.3 is 9.64 Å². The van der Waals surface area contributed by atoms with Crippen LogP contribution in [-0.4, -0.2) is 50.3 Å². The number of fused-ring (bicyclic) bond motifs is 1. The second-order valence-electron chi connectivity index (χ2n) is 7.09. The summed E-state index contributed by atoms with van der Waals surface area (Å²) in [6, 6.07) is 11.8. The molecular formula is C21H22N2O4S2. The predicted molar refractivity (Wildman–Crippen MR) is 114 cm³/mol. The molecule has 1 aliphatic rings. The summed E-state index contributed by atoms with van der Waals surface area (Å²) in [5.41, 5.74) is 1.07. The van der Waals surface area contributed by atoms with Gasteiger partial charge in [-0.3, -0.25) is 4.79 Å². The van der Waals surface area contributed by atoms with Gasteiger partial charge in [0.2, 0.25) is 15.9 Å². The van der Waals surface area contributed by atoms with E-state index in [-0.39, 0.29) is 10.8 Å². The zero-order chi connectivity index (χ0) is 20.6. The molecule has 0 spiro atoms. The topological polar surface area (TPSA) is 66.9 Å². The smallest absolute Gasteiger partial charge is 0.243 e. The molecule has 0 radical (unpaired) electrons. The average Bonchev–Trinajstić information content (AvgIpc) is 3.37. The number of nitrogens with zero attached hydrogens (tertiary/aromatic N) is 2. The lowest BCUT2D eigenvalue weighted by Gasteiger charge is -2.23. The number of thiophene rings is 1. The van der Waals surface area contributed by atoms with Crippen LogP contribution in [0.1, 0.15) is 12.0 Å². The number of hydrogen-bond donors (Lipinski definition) is 0. The first kappa shape index (κ1) is 19.9. The minimum Gasteiger partial charge on any atom is -0.497 e. The van der Waals surface area contributed by atoms with E-state index in [0.717, 1.165) is 16.3 Å². The molecule has 0 aliphatic carbocycles. The number of hydrogen-bond acceptors (Lipinski definition) is 5. The number of amides is 1. The highest BCUT2D eigenvalue weighted by Crippen LogP contribution is 2.28. The average molecular weight is 431 g/mol. The molecule has 3 aromatic rings. The lowest BCUT2D eigenvalue weighted by Crippen LogP contribution is -2.42. The van der Waals surface area contributed by atoms with Crippen molar-refractivity contribution in [3.63, 3.8) is 0 Å². The quantitative estimate of drug-likeness (QED) is 0.602. The molecule has 0 saturated carbocycles. The molecule has 2 aromatic carbocycles. The fourth-order valence-corrected chi connectivity index (χ4v) is 5.68. The first-order valence-corrected chi connectivity index (χ1v) is 11.6. The van der Waals surface area contributed by atoms with Gasteiger partial charge >= 0.3 is 0 Å². The molecule has 152 valence electrons. The zero-order valence-electron chi connectivity index (χ0n) is 16.2. The molecule has 6 nitrogen and oxygen atoms in total. The fraction of sp³-hybridized carbons (Fsp3) is 0.286. The van der Waals surface area contributed by atoms with E-state index in [9.17, 15) is 13.2 Å². The van der Waals surface area contributed by atoms with Gasteiger partial charge in [0.05, 0.1) is 12.0 Å². The number of sulfonamides is 1. The summed E-state index contributed by atoms with van der Waals surface area (Å²) < 4.78 is 32.9. The summed E-state index contributed by atoms with van der Waals surface area (Å²) in [5.74, 6) is 0.514. The summed E-state index contributed by atoms with van der Waals surface area (Å²) in [4.78, 5) is 14.8. The summed E-state index contributed by atoms with van der Waals surface area (Å²) in [5, 5.41) is 5.67. The van der Waals surface area contributed by atoms with Crippen LogP contribution in [0, 0.1) is 0 Å². The second kappa shape index (κ2) is 7.78. The standard InChI is InChI=1S/C21H22N2O4S2/c1-22(20-7-9-23(21(20)24)13-15-8-10-28-14-15)29(25,26)19-6-4-16-3-5-18(27-2)11-17(16)12-19/h3-6,8,10-12,14,20H,7,9,13H2,1-2H3/t20-/m0/s1. The summed E-state index contributed by atoms with van der Waals surface area (Å²) in [7, 11) is -0.744. The number of carbonyl (C=O) groups is 1. The number of ether oxygens (including phenoxy) is 1. The van der Waals surface area contributed by atoms with Crippen LogP contribution in [0.15, 0.2) is 58.1 Å². The highest BCUT2D eigenvalue weighted by Gasteiger charge is 2.39. The Kier molecular flexibility index (Phi) is 5.33. The number of benzene rings is 2. The Balaban J connectivity index is 1.58. The van der Waals surface area contributed by atoms with Crippen molar-refractivity contribution in [1.82, 2.24) is 9.21 Å². The van der Waals surface area contributed by atoms with Crippen molar-refractivity contribution < 1.29 is 17.9 Å². The molecule has 0 N–H and O–H groups in total. The fourth-order valence-electron chi connectivity index (χ4n) is 3.64. The van der Waals surface area contributed by atoms with Crippen LogP contribution in [-0.2, 0) is 21.4 Å². The van der Waals surface area contributed by atoms with E-state index < -0.39 is 16.1 Å². The van der Waals surface area contributed by atoms with Crippen molar-refractivity contribution in [1.29, 1.82) is 0 Å². The zero-order valence-corrected chi connectivity index (χ0v) is 17.9. The number of likely N-dealkylation sites (N-methyl/N-ethyl adjacent to an activating group) is 1. The highest BCUT2D eigenvalue weighted by atomic mass is 32.2. The monoisotopic (exact) mass is 430 g/mol. The Morgan fingerprint density at radius 2 is 1.97 bits per heavy atom. The number of methoxy groups -OCH3 is 1. The lowest BCUT2D eigenvalue weighted by molar-refractivity contribution is -0.131. The molecule has 1 aromatic heterocycles. The van der Waals surface area contributed by atoms with Crippen LogP contribution in [0.5, 0.6) is 5.75 Å². The van der Waals surface area contributed by atoms with Crippen molar-refractivity contribution >= 4 is 38.0 Å². The first-order valence-electron chi connectivity index (χ1n) is 9.26. The minimum absolute atomic E-state index is 0.148. The third-order valence-electron chi connectivity index (χ3n) is 5.36. The molecule has 4 rings (SSSR count). The Labute approximate surface area is 174 Å². The number of likely N-dealkylation sites (tertiary alicyclic amines) is 1. The first-order chi connectivity index (χ1) is 13.9. The largest absolute Gasteiger partial charge is 0.497 e. The van der Waals surface area contributed by atoms with Crippen LogP contribution in [0.2, 0.25) is 0 Å². The van der Waals surface area contributed by atoms with E-state index in [2.05, 4.69) is 0 Å². The van der Waals surface area contributed by atoms with Gasteiger partial charge in [0.1, 0.15) is 11.8 Å². The maximum absolute atomic E-state index is 13.2. The van der Waals surface area contributed by atoms with E-state index in [4.69, 9.17) is 4.74 Å². The molecule has 0 bridgehead atoms. The molecule has 1 fully saturated rings. The lowest BCUT2D eigenvalue weighted by atomic mass is 10.1. The summed E-state index contributed by atoms with van der Waals surface area (Å²) in [6.45, 7) is 1.07. The van der Waals surface area contributed by atoms with Gasteiger partial charge in [-0.2, -0.15) is 15.6 Å². The molecule has 1 saturated heterocycles. The SMILES string of the molecule is COc1ccc2ccc(S(=O)(=O)N(C)[C@H]3CCN(Cc4ccsc4)C3=O)cc2c1. The van der Waals surface area contributed by atoms with Gasteiger partial charge in [-0.15, -0.1) is 0 Å². The number of rotatable bonds is 6. The molecule has 2 heterocycles. The third kappa shape index (κ3) is 3.75. The summed E-state index contributed by atoms with van der Waals surface area (Å²) >= 11 is 1.58. The number of carbonyl (C=O) groups excluding carboxylic acids is 1. The third-order valence-corrected chi connectivity index (χ3v) is 7.95. The van der Waals surface area contributed by atoms with Gasteiger partial charge in [-0.25, -0.2) is 8.42 Å². The minimum atomic E-state index is -3.80. The molecule has 0 unspecified atom stereocenters. The van der Waals surface area contributed by atoms with Gasteiger partial charge in [-0.05, 0) is 63.8 Å². The predicted octanol–water partition coefficient (Wildman–Crippen LogP) is 3.33. The summed E-state index contributed by atoms with van der Waals surface area (Å²) in [6.07, 6.45) is 0.486. The molecule has 8 heteroatoms. The molecule has 29 heavy (non-hydrogen) atoms. The van der Waals surface area contributed by atoms with E-state index >= 15 is 0 Å². The Hall–Kier alpha value is -2.42. The normalized spacial score (nSPS) is 17.4. The van der Waals surface area contributed by atoms with Crippen molar-refractivity contribution in [2.75, 3.05) is 20.7 Å². The van der Waals surface area contributed by atoms with Gasteiger partial charge in [0, 0.05) is 20.1 Å². The van der Waals surface area contributed by atoms with E-state index in [0.29, 0.717) is 25.3 Å². The second-order valence-corrected chi connectivity index (χ2v) is 9.87. The maximum Gasteiger partial charge on any atom is 0.243 e. The van der Waals surface area contributed by atoms with E-state index in [1.54, 1.807) is 47.6 Å². The molecule has 1 atom stereocenters. The van der Waals surface area contributed by atoms with Crippen molar-refractivity contribution in [3.8, 4) is 5.75 Å². The Morgan fingerprint density at radius 3 is 2.69 bits per heavy atom. The van der Waals surface area contributed by atoms with Crippen molar-refractivity contribution in [2.24, 2.45) is 0 Å². The molecular weight excluding hydrogens is 408 g/mol. The van der Waals surface area contributed by atoms with Crippen LogP contribution in [0.25, 0.3) is 10.8 Å². The van der Waals surface area contributed by atoms with Crippen LogP contribution < -0.4 is 4.74 Å². The van der Waals surface area contributed by atoms with Gasteiger partial charge in [0.25, 0.3) is 0 Å². The van der Waals surface area contributed by atoms with Crippen molar-refractivity contribution in [2.45, 2.75) is 23.9 Å². The van der Waals surface area contributed by atoms with Gasteiger partial charge in [0.15, 0.2) is 0 Å². The van der Waals surface area contributed by atoms with Crippen LogP contribution >= 0.6 is 11.3 Å². The highest BCUT2D eigenvalue weighted by molar-refractivity contribution is 7.89. The Bertz CT molecular complexity index is 1140. The molecule has 1 amide bonds. The van der Waals surface area contributed by atoms with Crippen LogP contribution in [0.4, 0.5) is 0 Å². The van der Waals surface area contributed by atoms with Crippen LogP contribution in [0.3, 0.4) is 0 Å². The van der Waals surface area contributed by atoms with E-state index in [1.165, 1.54) is 11.4 Å². The Morgan fingerprint density at radius 1 is 1.17 bits per heavy atom. The molecule has 1 aliphatic heterocycles. The van der Waals surface area contributed by atoms with Crippen molar-refractivity contribution in [3.05, 3.63) is 58.8 Å². The van der Waals surface area contributed by atoms with E-state index in [1.807, 2.05) is 29.0 Å². The maximum atomic E-state index is 13.2.